The minimum Gasteiger partial charge on any atom is -0.370 e. The molecule has 1 saturated carbocycles. The SMILES string of the molecule is NC[C@H](NC(=O)C1CCC1)C(=O)Nc1ccc(N2CCOCC2=O)cc1F. The van der Waals surface area contributed by atoms with E-state index in [0.29, 0.717) is 18.8 Å². The van der Waals surface area contributed by atoms with E-state index in [1.807, 2.05) is 0 Å². The third-order valence-electron chi connectivity index (χ3n) is 4.85. The fraction of sp³-hybridized carbons (Fsp3) is 0.500. The summed E-state index contributed by atoms with van der Waals surface area (Å²) in [5.74, 6) is -1.79. The van der Waals surface area contributed by atoms with Gasteiger partial charge in [0.15, 0.2) is 0 Å². The van der Waals surface area contributed by atoms with Crippen molar-refractivity contribution in [2.75, 3.05) is 36.5 Å². The Morgan fingerprint density at radius 1 is 1.37 bits per heavy atom. The number of ether oxygens (including phenoxy) is 1. The predicted molar refractivity (Wildman–Crippen MR) is 96.5 cm³/mol. The van der Waals surface area contributed by atoms with Crippen LogP contribution in [0.3, 0.4) is 0 Å². The molecule has 2 aliphatic rings. The van der Waals surface area contributed by atoms with Crippen molar-refractivity contribution in [1.82, 2.24) is 5.32 Å². The van der Waals surface area contributed by atoms with Gasteiger partial charge in [-0.1, -0.05) is 6.42 Å². The van der Waals surface area contributed by atoms with Crippen molar-refractivity contribution >= 4 is 29.1 Å². The minimum atomic E-state index is -0.932. The third kappa shape index (κ3) is 4.42. The van der Waals surface area contributed by atoms with Gasteiger partial charge < -0.3 is 26.0 Å². The fourth-order valence-corrected chi connectivity index (χ4v) is 2.98. The zero-order chi connectivity index (χ0) is 19.4. The quantitative estimate of drug-likeness (QED) is 0.662. The number of benzene rings is 1. The van der Waals surface area contributed by atoms with Gasteiger partial charge in [-0.25, -0.2) is 4.39 Å². The lowest BCUT2D eigenvalue weighted by Gasteiger charge is -2.27. The highest BCUT2D eigenvalue weighted by Crippen LogP contribution is 2.26. The van der Waals surface area contributed by atoms with Crippen LogP contribution in [0.1, 0.15) is 19.3 Å². The van der Waals surface area contributed by atoms with Gasteiger partial charge in [0.2, 0.25) is 11.8 Å². The van der Waals surface area contributed by atoms with Gasteiger partial charge in [0.05, 0.1) is 12.3 Å². The summed E-state index contributed by atoms with van der Waals surface area (Å²) in [5, 5.41) is 5.06. The highest BCUT2D eigenvalue weighted by atomic mass is 19.1. The Kier molecular flexibility index (Phi) is 6.02. The zero-order valence-electron chi connectivity index (χ0n) is 14.9. The van der Waals surface area contributed by atoms with Crippen LogP contribution in [0.25, 0.3) is 0 Å². The number of anilines is 2. The van der Waals surface area contributed by atoms with Gasteiger partial charge >= 0.3 is 0 Å². The molecule has 8 nitrogen and oxygen atoms in total. The van der Waals surface area contributed by atoms with Crippen molar-refractivity contribution in [1.29, 1.82) is 0 Å². The summed E-state index contributed by atoms with van der Waals surface area (Å²) in [5.41, 5.74) is 5.94. The van der Waals surface area contributed by atoms with E-state index in [9.17, 15) is 18.8 Å². The molecule has 0 unspecified atom stereocenters. The smallest absolute Gasteiger partial charge is 0.253 e. The number of nitrogens with two attached hydrogens (primary N) is 1. The van der Waals surface area contributed by atoms with Crippen molar-refractivity contribution in [2.45, 2.75) is 25.3 Å². The first kappa shape index (κ1) is 19.2. The average molecular weight is 378 g/mol. The van der Waals surface area contributed by atoms with Crippen molar-refractivity contribution in [2.24, 2.45) is 11.7 Å². The Hall–Kier alpha value is -2.52. The van der Waals surface area contributed by atoms with Crippen molar-refractivity contribution in [3.63, 3.8) is 0 Å². The minimum absolute atomic E-state index is 0.0409. The molecule has 0 aromatic heterocycles. The third-order valence-corrected chi connectivity index (χ3v) is 4.85. The Bertz CT molecular complexity index is 738. The van der Waals surface area contributed by atoms with Gasteiger partial charge in [0.1, 0.15) is 18.5 Å². The van der Waals surface area contributed by atoms with E-state index in [2.05, 4.69) is 10.6 Å². The van der Waals surface area contributed by atoms with Crippen LogP contribution in [0, 0.1) is 11.7 Å². The first-order chi connectivity index (χ1) is 13.0. The van der Waals surface area contributed by atoms with Gasteiger partial charge in [-0.05, 0) is 31.0 Å². The molecule has 0 radical (unpaired) electrons. The number of halogens is 1. The van der Waals surface area contributed by atoms with Crippen LogP contribution in [-0.4, -0.2) is 50.1 Å². The first-order valence-electron chi connectivity index (χ1n) is 8.98. The van der Waals surface area contributed by atoms with Crippen LogP contribution in [0.2, 0.25) is 0 Å². The summed E-state index contributed by atoms with van der Waals surface area (Å²) in [7, 11) is 0. The van der Waals surface area contributed by atoms with E-state index in [1.54, 1.807) is 6.07 Å². The van der Waals surface area contributed by atoms with Crippen LogP contribution in [0.5, 0.6) is 0 Å². The van der Waals surface area contributed by atoms with Crippen LogP contribution < -0.4 is 21.3 Å². The maximum Gasteiger partial charge on any atom is 0.253 e. The molecule has 3 amide bonds. The van der Waals surface area contributed by atoms with Gasteiger partial charge in [-0.15, -0.1) is 0 Å². The lowest BCUT2D eigenvalue weighted by Crippen LogP contribution is -2.51. The van der Waals surface area contributed by atoms with Crippen LogP contribution in [-0.2, 0) is 19.1 Å². The lowest BCUT2D eigenvalue weighted by atomic mass is 9.84. The summed E-state index contributed by atoms with van der Waals surface area (Å²) in [6.07, 6.45) is 2.61. The molecule has 0 spiro atoms. The van der Waals surface area contributed by atoms with Crippen molar-refractivity contribution in [3.05, 3.63) is 24.0 Å². The monoisotopic (exact) mass is 378 g/mol. The number of carbonyl (C=O) groups excluding carboxylic acids is 3. The van der Waals surface area contributed by atoms with E-state index in [4.69, 9.17) is 10.5 Å². The molecule has 9 heteroatoms. The second kappa shape index (κ2) is 8.45. The van der Waals surface area contributed by atoms with Crippen molar-refractivity contribution in [3.8, 4) is 0 Å². The molecule has 2 fully saturated rings. The molecule has 0 bridgehead atoms. The summed E-state index contributed by atoms with van der Waals surface area (Å²) in [6, 6.07) is 3.18. The second-order valence-corrected chi connectivity index (χ2v) is 6.68. The number of amides is 3. The van der Waals surface area contributed by atoms with Gasteiger partial charge in [-0.2, -0.15) is 0 Å². The molecule has 1 aliphatic carbocycles. The number of nitrogens with zero attached hydrogens (tertiary/aromatic N) is 1. The van der Waals surface area contributed by atoms with E-state index < -0.39 is 17.8 Å². The molecule has 4 N–H and O–H groups in total. The van der Waals surface area contributed by atoms with E-state index in [1.165, 1.54) is 17.0 Å². The van der Waals surface area contributed by atoms with E-state index in [0.717, 1.165) is 19.3 Å². The van der Waals surface area contributed by atoms with E-state index >= 15 is 0 Å². The molecule has 3 rings (SSSR count). The largest absolute Gasteiger partial charge is 0.370 e. The second-order valence-electron chi connectivity index (χ2n) is 6.68. The number of morpholine rings is 1. The number of carbonyl (C=O) groups is 3. The first-order valence-corrected chi connectivity index (χ1v) is 8.98. The molecular weight excluding hydrogens is 355 g/mol. The maximum atomic E-state index is 14.4. The predicted octanol–water partition coefficient (Wildman–Crippen LogP) is 0.371. The highest BCUT2D eigenvalue weighted by molar-refractivity contribution is 5.98. The fourth-order valence-electron chi connectivity index (χ4n) is 2.98. The normalized spacial score (nSPS) is 18.6. The van der Waals surface area contributed by atoms with Crippen LogP contribution in [0.4, 0.5) is 15.8 Å². The number of hydrogen-bond acceptors (Lipinski definition) is 5. The summed E-state index contributed by atoms with van der Waals surface area (Å²) < 4.78 is 19.5. The zero-order valence-corrected chi connectivity index (χ0v) is 14.9. The lowest BCUT2D eigenvalue weighted by molar-refractivity contribution is -0.131. The molecular formula is C18H23FN4O4. The summed E-state index contributed by atoms with van der Waals surface area (Å²) in [4.78, 5) is 37.6. The Balaban J connectivity index is 1.64. The molecule has 1 atom stereocenters. The summed E-state index contributed by atoms with van der Waals surface area (Å²) >= 11 is 0. The number of rotatable bonds is 6. The van der Waals surface area contributed by atoms with E-state index in [-0.39, 0.29) is 36.6 Å². The molecule has 146 valence electrons. The number of nitrogens with one attached hydrogen (secondary N) is 2. The maximum absolute atomic E-state index is 14.4. The topological polar surface area (TPSA) is 114 Å². The molecule has 1 heterocycles. The van der Waals surface area contributed by atoms with Gasteiger partial charge in [0, 0.05) is 24.7 Å². The molecule has 1 saturated heterocycles. The summed E-state index contributed by atoms with van der Waals surface area (Å²) in [6.45, 7) is 0.586. The van der Waals surface area contributed by atoms with Crippen molar-refractivity contribution < 1.29 is 23.5 Å². The Labute approximate surface area is 156 Å². The molecule has 27 heavy (non-hydrogen) atoms. The van der Waals surface area contributed by atoms with Gasteiger partial charge in [-0.3, -0.25) is 14.4 Å². The average Bonchev–Trinajstić information content (AvgIpc) is 2.60. The molecule has 1 aliphatic heterocycles. The molecule has 1 aromatic carbocycles. The molecule has 1 aromatic rings. The standard InChI is InChI=1S/C18H23FN4O4/c19-13-8-12(23-6-7-27-10-16(23)24)4-5-14(13)21-18(26)15(9-20)22-17(25)11-2-1-3-11/h4-5,8,11,15H,1-3,6-7,9-10,20H2,(H,21,26)(H,22,25)/t15-/m0/s1. The highest BCUT2D eigenvalue weighted by Gasteiger charge is 2.29. The van der Waals surface area contributed by atoms with Crippen LogP contribution in [0.15, 0.2) is 18.2 Å². The Morgan fingerprint density at radius 3 is 2.74 bits per heavy atom. The number of hydrogen-bond donors (Lipinski definition) is 3. The Morgan fingerprint density at radius 2 is 2.15 bits per heavy atom. The van der Waals surface area contributed by atoms with Gasteiger partial charge in [0.25, 0.3) is 5.91 Å². The van der Waals surface area contributed by atoms with Crippen LogP contribution >= 0.6 is 0 Å².